The van der Waals surface area contributed by atoms with Crippen LogP contribution in [0.15, 0.2) is 60.3 Å². The summed E-state index contributed by atoms with van der Waals surface area (Å²) in [4.78, 5) is 99.3. The highest BCUT2D eigenvalue weighted by Crippen LogP contribution is 2.27. The van der Waals surface area contributed by atoms with E-state index < -0.39 is 97.2 Å². The molecule has 8 N–H and O–H groups in total. The van der Waals surface area contributed by atoms with E-state index in [1.165, 1.54) is 12.0 Å². The van der Waals surface area contributed by atoms with Crippen LogP contribution in [0, 0.1) is 5.92 Å². The Kier molecular flexibility index (Phi) is 14.8. The van der Waals surface area contributed by atoms with E-state index in [0.717, 1.165) is 27.6 Å². The van der Waals surface area contributed by atoms with Gasteiger partial charge in [-0.3, -0.25) is 33.6 Å². The van der Waals surface area contributed by atoms with E-state index in [4.69, 9.17) is 4.74 Å². The Hall–Kier alpha value is -6.23. The summed E-state index contributed by atoms with van der Waals surface area (Å²) >= 11 is 0. The number of allylic oxidation sites excluding steroid dienone is 2. The Morgan fingerprint density at radius 2 is 1.46 bits per heavy atom. The topological polar surface area (TPSA) is 240 Å². The second-order valence-electron chi connectivity index (χ2n) is 15.4. The number of aromatic nitrogens is 1. The molecule has 3 heterocycles. The average Bonchev–Trinajstić information content (AvgIpc) is 3.88. The van der Waals surface area contributed by atoms with Gasteiger partial charge in [-0.2, -0.15) is 0 Å². The normalized spacial score (nSPS) is 22.2. The summed E-state index contributed by atoms with van der Waals surface area (Å²) in [7, 11) is 1.47. The molecule has 2 aliphatic heterocycles. The lowest BCUT2D eigenvalue weighted by Gasteiger charge is -2.29. The average molecular weight is 815 g/mol. The fourth-order valence-electron chi connectivity index (χ4n) is 7.20. The first-order chi connectivity index (χ1) is 28.2. The van der Waals surface area contributed by atoms with Crippen molar-refractivity contribution in [2.24, 2.45) is 5.92 Å². The van der Waals surface area contributed by atoms with Gasteiger partial charge < -0.3 is 51.6 Å². The predicted octanol–water partition coefficient (Wildman–Crippen LogP) is 0.425. The number of rotatable bonds is 8. The second-order valence-corrected chi connectivity index (χ2v) is 15.4. The number of methoxy groups -OCH3 is 1. The Bertz CT molecular complexity index is 2090. The molecule has 3 aromatic rings. The molecular formula is C42H54N8O9. The van der Waals surface area contributed by atoms with Crippen molar-refractivity contribution in [2.45, 2.75) is 83.6 Å². The number of aliphatic hydroxyl groups excluding tert-OH is 1. The molecule has 7 amide bonds. The number of fused-ring (bicyclic) bond motifs is 2. The van der Waals surface area contributed by atoms with Crippen LogP contribution in [0.2, 0.25) is 0 Å². The van der Waals surface area contributed by atoms with Gasteiger partial charge in [-0.05, 0) is 67.9 Å². The van der Waals surface area contributed by atoms with Crippen molar-refractivity contribution in [3.63, 3.8) is 0 Å². The summed E-state index contributed by atoms with van der Waals surface area (Å²) in [5.41, 5.74) is 3.66. The summed E-state index contributed by atoms with van der Waals surface area (Å²) in [6.07, 6.45) is 3.48. The zero-order valence-electron chi connectivity index (χ0n) is 34.0. The molecule has 0 spiro atoms. The van der Waals surface area contributed by atoms with Crippen LogP contribution < -0.4 is 36.6 Å². The molecular weight excluding hydrogens is 761 g/mol. The van der Waals surface area contributed by atoms with E-state index in [9.17, 15) is 38.7 Å². The lowest BCUT2D eigenvalue weighted by Crippen LogP contribution is -2.56. The van der Waals surface area contributed by atoms with E-state index in [0.29, 0.717) is 25.0 Å². The molecule has 2 aliphatic rings. The Balaban J connectivity index is 1.46. The van der Waals surface area contributed by atoms with E-state index >= 15 is 0 Å². The van der Waals surface area contributed by atoms with E-state index in [2.05, 4.69) is 36.9 Å². The minimum atomic E-state index is -1.67. The maximum Gasteiger partial charge on any atom is 0.246 e. The monoisotopic (exact) mass is 814 g/mol. The predicted molar refractivity (Wildman–Crippen MR) is 217 cm³/mol. The third-order valence-electron chi connectivity index (χ3n) is 10.4. The zero-order valence-corrected chi connectivity index (χ0v) is 34.0. The standard InChI is InChI=1S/C42H54N8O9/c1-23(2)12-13-25-14-15-26(18-32(25)59-5)38(54)37-41(57)46-20-33(51)47-30(17-27-19-43-29-10-7-6-9-28(27)29)42(58)50-16-8-11-31(50)39(55)44-21-34(52)48-36(24(3)4)40(56)45-22-35(53)49-37/h6-7,9-10,12,14-15,18-19,24,30-31,36-38,43,54H,8,11,13,16-17,20-22H2,1-5H3,(H,44,55)(H,45,56)(H,46,57)(H,47,51)(H,48,52)(H,49,53)/t30-,31-,36-,37?,38?/m0/s1. The van der Waals surface area contributed by atoms with Gasteiger partial charge in [0.25, 0.3) is 0 Å². The third kappa shape index (κ3) is 11.2. The smallest absolute Gasteiger partial charge is 0.246 e. The fourth-order valence-corrected chi connectivity index (χ4v) is 7.20. The number of carbonyl (C=O) groups excluding carboxylic acids is 7. The van der Waals surface area contributed by atoms with Crippen LogP contribution in [0.5, 0.6) is 5.75 Å². The van der Waals surface area contributed by atoms with Gasteiger partial charge in [0.15, 0.2) is 0 Å². The van der Waals surface area contributed by atoms with Crippen molar-refractivity contribution in [1.82, 2.24) is 41.8 Å². The van der Waals surface area contributed by atoms with Crippen LogP contribution in [-0.4, -0.2) is 114 Å². The van der Waals surface area contributed by atoms with E-state index in [1.807, 2.05) is 44.2 Å². The van der Waals surface area contributed by atoms with E-state index in [1.54, 1.807) is 38.2 Å². The lowest BCUT2D eigenvalue weighted by atomic mass is 9.98. The van der Waals surface area contributed by atoms with Crippen molar-refractivity contribution < 1.29 is 43.4 Å². The summed E-state index contributed by atoms with van der Waals surface area (Å²) in [6.45, 7) is 5.74. The number of amides is 7. The van der Waals surface area contributed by atoms with Crippen LogP contribution >= 0.6 is 0 Å². The second kappa shape index (κ2) is 20.0. The minimum absolute atomic E-state index is 0.0379. The molecule has 17 nitrogen and oxygen atoms in total. The molecule has 2 aromatic carbocycles. The molecule has 2 fully saturated rings. The number of carbonyl (C=O) groups is 7. The number of aromatic amines is 1. The summed E-state index contributed by atoms with van der Waals surface area (Å²) in [5.74, 6) is -5.04. The quantitative estimate of drug-likeness (QED) is 0.147. The Morgan fingerprint density at radius 1 is 0.831 bits per heavy atom. The molecule has 17 heteroatoms. The molecule has 0 radical (unpaired) electrons. The van der Waals surface area contributed by atoms with Gasteiger partial charge in [-0.25, -0.2) is 0 Å². The minimum Gasteiger partial charge on any atom is -0.496 e. The Morgan fingerprint density at radius 3 is 2.12 bits per heavy atom. The molecule has 5 atom stereocenters. The van der Waals surface area contributed by atoms with Gasteiger partial charge in [-0.1, -0.05) is 55.8 Å². The molecule has 2 saturated heterocycles. The van der Waals surface area contributed by atoms with Gasteiger partial charge >= 0.3 is 0 Å². The summed E-state index contributed by atoms with van der Waals surface area (Å²) in [5, 5.41) is 27.7. The van der Waals surface area contributed by atoms with E-state index in [-0.39, 0.29) is 18.5 Å². The van der Waals surface area contributed by atoms with Gasteiger partial charge in [0, 0.05) is 30.1 Å². The van der Waals surface area contributed by atoms with Gasteiger partial charge in [-0.15, -0.1) is 0 Å². The lowest BCUT2D eigenvalue weighted by molar-refractivity contribution is -0.141. The molecule has 0 bridgehead atoms. The number of H-pyrrole nitrogens is 1. The molecule has 0 saturated carbocycles. The van der Waals surface area contributed by atoms with Crippen molar-refractivity contribution in [2.75, 3.05) is 33.3 Å². The van der Waals surface area contributed by atoms with Gasteiger partial charge in [0.2, 0.25) is 41.4 Å². The zero-order chi connectivity index (χ0) is 42.8. The van der Waals surface area contributed by atoms with Crippen molar-refractivity contribution in [3.8, 4) is 5.75 Å². The molecule has 0 aliphatic carbocycles. The highest BCUT2D eigenvalue weighted by molar-refractivity contribution is 5.97. The fraction of sp³-hybridized carbons (Fsp3) is 0.452. The van der Waals surface area contributed by atoms with Crippen LogP contribution in [0.25, 0.3) is 10.9 Å². The SMILES string of the molecule is COc1cc(C(O)C2NC(=O)CNC(=O)[C@H](C(C)C)NC(=O)CNC(=O)[C@@H]3CCCN3C(=O)[C@H](Cc3c[nH]c4ccccc34)NC(=O)CNC2=O)ccc1CC=C(C)C. The van der Waals surface area contributed by atoms with Gasteiger partial charge in [0.05, 0.1) is 26.7 Å². The number of para-hydroxylation sites is 1. The molecule has 316 valence electrons. The molecule has 1 aromatic heterocycles. The van der Waals surface area contributed by atoms with Gasteiger partial charge in [0.1, 0.15) is 36.0 Å². The van der Waals surface area contributed by atoms with Crippen LogP contribution in [-0.2, 0) is 46.4 Å². The van der Waals surface area contributed by atoms with Crippen molar-refractivity contribution >= 4 is 52.3 Å². The van der Waals surface area contributed by atoms with Crippen molar-refractivity contribution in [3.05, 3.63) is 77.0 Å². The number of ether oxygens (including phenoxy) is 1. The maximum atomic E-state index is 14.3. The highest BCUT2D eigenvalue weighted by Gasteiger charge is 2.39. The summed E-state index contributed by atoms with van der Waals surface area (Å²) in [6, 6.07) is 7.45. The van der Waals surface area contributed by atoms with Crippen LogP contribution in [0.4, 0.5) is 0 Å². The number of aliphatic hydroxyl groups is 1. The molecule has 5 rings (SSSR count). The largest absolute Gasteiger partial charge is 0.496 e. The molecule has 59 heavy (non-hydrogen) atoms. The number of hydrogen-bond acceptors (Lipinski definition) is 9. The maximum absolute atomic E-state index is 14.3. The van der Waals surface area contributed by atoms with Crippen molar-refractivity contribution in [1.29, 1.82) is 0 Å². The number of hydrogen-bond donors (Lipinski definition) is 8. The van der Waals surface area contributed by atoms with Crippen LogP contribution in [0.3, 0.4) is 0 Å². The number of benzene rings is 2. The first-order valence-corrected chi connectivity index (χ1v) is 19.7. The number of nitrogens with zero attached hydrogens (tertiary/aromatic N) is 1. The molecule has 2 unspecified atom stereocenters. The first-order valence-electron chi connectivity index (χ1n) is 19.7. The Labute approximate surface area is 342 Å². The first kappa shape index (κ1) is 43.9. The third-order valence-corrected chi connectivity index (χ3v) is 10.4. The highest BCUT2D eigenvalue weighted by atomic mass is 16.5. The number of nitrogens with one attached hydrogen (secondary N) is 7. The summed E-state index contributed by atoms with van der Waals surface area (Å²) < 4.78 is 5.57. The van der Waals surface area contributed by atoms with Crippen LogP contribution in [0.1, 0.15) is 63.3 Å².